The molecule has 0 saturated heterocycles. The van der Waals surface area contributed by atoms with Gasteiger partial charge in [0.2, 0.25) is 5.91 Å². The molecule has 0 aliphatic heterocycles. The SMILES string of the molecule is CCC(N)(CC)CNC(=O)C(NC(=O)c1ccccc1)c1ccccc1.Cl. The van der Waals surface area contributed by atoms with Crippen molar-refractivity contribution in [3.8, 4) is 0 Å². The van der Waals surface area contributed by atoms with Gasteiger partial charge < -0.3 is 16.4 Å². The van der Waals surface area contributed by atoms with E-state index in [2.05, 4.69) is 10.6 Å². The Morgan fingerprint density at radius 1 is 0.963 bits per heavy atom. The van der Waals surface area contributed by atoms with Crippen LogP contribution in [0.25, 0.3) is 0 Å². The Morgan fingerprint density at radius 3 is 2.00 bits per heavy atom. The van der Waals surface area contributed by atoms with Gasteiger partial charge in [0.15, 0.2) is 0 Å². The van der Waals surface area contributed by atoms with Crippen molar-refractivity contribution in [3.05, 3.63) is 71.8 Å². The molecule has 0 spiro atoms. The molecule has 2 aromatic carbocycles. The molecule has 0 saturated carbocycles. The van der Waals surface area contributed by atoms with Gasteiger partial charge in [0, 0.05) is 17.6 Å². The summed E-state index contributed by atoms with van der Waals surface area (Å²) in [5.41, 5.74) is 7.07. The van der Waals surface area contributed by atoms with Crippen molar-refractivity contribution in [3.63, 3.8) is 0 Å². The van der Waals surface area contributed by atoms with Crippen molar-refractivity contribution in [2.24, 2.45) is 5.73 Å². The van der Waals surface area contributed by atoms with Gasteiger partial charge in [-0.25, -0.2) is 0 Å². The number of carbonyl (C=O) groups is 2. The van der Waals surface area contributed by atoms with E-state index in [4.69, 9.17) is 5.73 Å². The van der Waals surface area contributed by atoms with Gasteiger partial charge in [0.05, 0.1) is 0 Å². The zero-order valence-electron chi connectivity index (χ0n) is 15.8. The van der Waals surface area contributed by atoms with Crippen LogP contribution in [0, 0.1) is 0 Å². The minimum atomic E-state index is -0.776. The fourth-order valence-corrected chi connectivity index (χ4v) is 2.61. The number of amides is 2. The molecule has 2 aromatic rings. The predicted octanol–water partition coefficient (Wildman–Crippen LogP) is 3.21. The smallest absolute Gasteiger partial charge is 0.252 e. The molecule has 146 valence electrons. The molecule has 0 fully saturated rings. The number of rotatable bonds is 8. The van der Waals surface area contributed by atoms with E-state index in [1.165, 1.54) is 0 Å². The zero-order chi connectivity index (χ0) is 19.0. The van der Waals surface area contributed by atoms with Gasteiger partial charge in [0.1, 0.15) is 6.04 Å². The normalized spacial score (nSPS) is 11.8. The van der Waals surface area contributed by atoms with Crippen molar-refractivity contribution in [1.82, 2.24) is 10.6 Å². The summed E-state index contributed by atoms with van der Waals surface area (Å²) in [5.74, 6) is -0.559. The minimum Gasteiger partial charge on any atom is -0.352 e. The Kier molecular flexibility index (Phi) is 8.98. The molecular weight excluding hydrogens is 362 g/mol. The second-order valence-corrected chi connectivity index (χ2v) is 6.47. The standard InChI is InChI=1S/C21H27N3O2.ClH/c1-3-21(22,4-2)15-23-20(26)18(16-11-7-5-8-12-16)24-19(25)17-13-9-6-10-14-17;/h5-14,18H,3-4,15,22H2,1-2H3,(H,23,26)(H,24,25);1H. The summed E-state index contributed by atoms with van der Waals surface area (Å²) < 4.78 is 0. The largest absolute Gasteiger partial charge is 0.352 e. The van der Waals surface area contributed by atoms with Crippen LogP contribution in [0.2, 0.25) is 0 Å². The first-order valence-corrected chi connectivity index (χ1v) is 8.96. The zero-order valence-corrected chi connectivity index (χ0v) is 16.6. The molecule has 4 N–H and O–H groups in total. The lowest BCUT2D eigenvalue weighted by Crippen LogP contribution is -2.51. The second kappa shape index (κ2) is 10.7. The van der Waals surface area contributed by atoms with Gasteiger partial charge in [-0.1, -0.05) is 62.4 Å². The number of hydrogen-bond donors (Lipinski definition) is 3. The summed E-state index contributed by atoms with van der Waals surface area (Å²) in [5, 5.41) is 5.73. The fraction of sp³-hybridized carbons (Fsp3) is 0.333. The molecule has 2 rings (SSSR count). The van der Waals surface area contributed by atoms with E-state index < -0.39 is 11.6 Å². The van der Waals surface area contributed by atoms with Crippen LogP contribution < -0.4 is 16.4 Å². The van der Waals surface area contributed by atoms with Crippen LogP contribution in [0.4, 0.5) is 0 Å². The van der Waals surface area contributed by atoms with Gasteiger partial charge in [0.25, 0.3) is 5.91 Å². The summed E-state index contributed by atoms with van der Waals surface area (Å²) in [6.45, 7) is 4.37. The summed E-state index contributed by atoms with van der Waals surface area (Å²) in [7, 11) is 0. The molecule has 0 heterocycles. The molecule has 6 heteroatoms. The summed E-state index contributed by atoms with van der Waals surface area (Å²) in [4.78, 5) is 25.3. The van der Waals surface area contributed by atoms with Gasteiger partial charge in [-0.3, -0.25) is 9.59 Å². The Balaban J connectivity index is 0.00000364. The first-order chi connectivity index (χ1) is 12.5. The van der Waals surface area contributed by atoms with E-state index >= 15 is 0 Å². The third kappa shape index (κ3) is 6.38. The molecule has 0 aliphatic rings. The van der Waals surface area contributed by atoms with Gasteiger partial charge in [-0.2, -0.15) is 0 Å². The monoisotopic (exact) mass is 389 g/mol. The predicted molar refractivity (Wildman–Crippen MR) is 111 cm³/mol. The highest BCUT2D eigenvalue weighted by molar-refractivity contribution is 5.97. The number of benzene rings is 2. The lowest BCUT2D eigenvalue weighted by Gasteiger charge is -2.28. The molecule has 0 aromatic heterocycles. The molecule has 1 atom stereocenters. The lowest BCUT2D eigenvalue weighted by atomic mass is 9.94. The van der Waals surface area contributed by atoms with Crippen molar-refractivity contribution in [2.75, 3.05) is 6.54 Å². The van der Waals surface area contributed by atoms with E-state index in [-0.39, 0.29) is 24.2 Å². The maximum atomic E-state index is 12.8. The Hall–Kier alpha value is -2.37. The van der Waals surface area contributed by atoms with Crippen molar-refractivity contribution < 1.29 is 9.59 Å². The Morgan fingerprint density at radius 2 is 1.48 bits per heavy atom. The highest BCUT2D eigenvalue weighted by Crippen LogP contribution is 2.15. The van der Waals surface area contributed by atoms with Gasteiger partial charge >= 0.3 is 0 Å². The van der Waals surface area contributed by atoms with Crippen LogP contribution >= 0.6 is 12.4 Å². The number of hydrogen-bond acceptors (Lipinski definition) is 3. The van der Waals surface area contributed by atoms with Crippen LogP contribution in [0.1, 0.15) is 48.7 Å². The van der Waals surface area contributed by atoms with Gasteiger partial charge in [-0.15, -0.1) is 12.4 Å². The number of halogens is 1. The molecule has 0 radical (unpaired) electrons. The average molecular weight is 390 g/mol. The van der Waals surface area contributed by atoms with Crippen LogP contribution in [-0.4, -0.2) is 23.9 Å². The van der Waals surface area contributed by atoms with E-state index in [0.717, 1.165) is 18.4 Å². The minimum absolute atomic E-state index is 0. The number of nitrogens with two attached hydrogens (primary N) is 1. The Bertz CT molecular complexity index is 719. The van der Waals surface area contributed by atoms with E-state index in [0.29, 0.717) is 12.1 Å². The number of nitrogens with one attached hydrogen (secondary N) is 2. The van der Waals surface area contributed by atoms with Crippen molar-refractivity contribution >= 4 is 24.2 Å². The quantitative estimate of drug-likeness (QED) is 0.648. The first kappa shape index (κ1) is 22.7. The fourth-order valence-electron chi connectivity index (χ4n) is 2.61. The van der Waals surface area contributed by atoms with E-state index in [1.807, 2.05) is 50.2 Å². The molecular formula is C21H28ClN3O2. The summed E-state index contributed by atoms with van der Waals surface area (Å²) in [6, 6.07) is 17.3. The molecule has 0 aliphatic carbocycles. The summed E-state index contributed by atoms with van der Waals surface area (Å²) >= 11 is 0. The van der Waals surface area contributed by atoms with Crippen molar-refractivity contribution in [2.45, 2.75) is 38.3 Å². The lowest BCUT2D eigenvalue weighted by molar-refractivity contribution is -0.123. The Labute approximate surface area is 167 Å². The maximum Gasteiger partial charge on any atom is 0.252 e. The van der Waals surface area contributed by atoms with Crippen LogP contribution in [0.3, 0.4) is 0 Å². The van der Waals surface area contributed by atoms with Crippen LogP contribution in [0.5, 0.6) is 0 Å². The van der Waals surface area contributed by atoms with E-state index in [9.17, 15) is 9.59 Å². The number of carbonyl (C=O) groups excluding carboxylic acids is 2. The second-order valence-electron chi connectivity index (χ2n) is 6.47. The van der Waals surface area contributed by atoms with E-state index in [1.54, 1.807) is 24.3 Å². The molecule has 27 heavy (non-hydrogen) atoms. The van der Waals surface area contributed by atoms with Crippen molar-refractivity contribution in [1.29, 1.82) is 0 Å². The maximum absolute atomic E-state index is 12.8. The molecule has 0 bridgehead atoms. The topological polar surface area (TPSA) is 84.2 Å². The third-order valence-electron chi connectivity index (χ3n) is 4.73. The van der Waals surface area contributed by atoms with Crippen LogP contribution in [0.15, 0.2) is 60.7 Å². The highest BCUT2D eigenvalue weighted by Gasteiger charge is 2.26. The average Bonchev–Trinajstić information content (AvgIpc) is 2.71. The third-order valence-corrected chi connectivity index (χ3v) is 4.73. The molecule has 5 nitrogen and oxygen atoms in total. The summed E-state index contributed by atoms with van der Waals surface area (Å²) in [6.07, 6.45) is 1.52. The van der Waals surface area contributed by atoms with Crippen LogP contribution in [-0.2, 0) is 4.79 Å². The first-order valence-electron chi connectivity index (χ1n) is 8.96. The van der Waals surface area contributed by atoms with Gasteiger partial charge in [-0.05, 0) is 30.5 Å². The molecule has 2 amide bonds. The highest BCUT2D eigenvalue weighted by atomic mass is 35.5. The molecule has 1 unspecified atom stereocenters.